The van der Waals surface area contributed by atoms with E-state index in [2.05, 4.69) is 16.0 Å². The van der Waals surface area contributed by atoms with Crippen molar-refractivity contribution >= 4 is 55.3 Å². The largest absolute Gasteiger partial charge is 0.497 e. The molecule has 6 rings (SSSR count). The highest BCUT2D eigenvalue weighted by Crippen LogP contribution is 2.43. The van der Waals surface area contributed by atoms with E-state index >= 15 is 0 Å². The lowest BCUT2D eigenvalue weighted by atomic mass is 9.96. The van der Waals surface area contributed by atoms with E-state index in [0.717, 1.165) is 66.4 Å². The van der Waals surface area contributed by atoms with Crippen LogP contribution in [0.25, 0.3) is 54.9 Å². The van der Waals surface area contributed by atoms with Crippen molar-refractivity contribution in [3.8, 4) is 22.6 Å². The number of halogens is 1. The smallest absolute Gasteiger partial charge is 0.139 e. The highest BCUT2D eigenvalue weighted by molar-refractivity contribution is 6.32. The zero-order valence-electron chi connectivity index (χ0n) is 16.9. The molecule has 0 bridgehead atoms. The highest BCUT2D eigenvalue weighted by Gasteiger charge is 2.19. The molecular formula is C25H18ClN3O2. The van der Waals surface area contributed by atoms with Crippen LogP contribution >= 0.6 is 11.6 Å². The predicted octanol–water partition coefficient (Wildman–Crippen LogP) is 6.69. The zero-order chi connectivity index (χ0) is 21.1. The van der Waals surface area contributed by atoms with Gasteiger partial charge in [0.15, 0.2) is 0 Å². The van der Waals surface area contributed by atoms with Gasteiger partial charge in [-0.3, -0.25) is 0 Å². The Hall–Kier alpha value is -3.70. The summed E-state index contributed by atoms with van der Waals surface area (Å²) in [7, 11) is 3.36. The Balaban J connectivity index is 1.84. The second-order valence-corrected chi connectivity index (χ2v) is 7.96. The minimum Gasteiger partial charge on any atom is -0.497 e. The predicted molar refractivity (Wildman–Crippen MR) is 127 cm³/mol. The summed E-state index contributed by atoms with van der Waals surface area (Å²) in [5, 5.41) is 4.82. The fraction of sp³-hybridized carbons (Fsp3) is 0.0800. The molecule has 31 heavy (non-hydrogen) atoms. The molecule has 2 N–H and O–H groups in total. The van der Waals surface area contributed by atoms with E-state index in [4.69, 9.17) is 26.1 Å². The number of aromatic amines is 2. The van der Waals surface area contributed by atoms with Crippen LogP contribution in [-0.4, -0.2) is 29.2 Å². The molecule has 5 nitrogen and oxygen atoms in total. The lowest BCUT2D eigenvalue weighted by Crippen LogP contribution is -1.88. The number of fused-ring (bicyclic) bond motifs is 5. The van der Waals surface area contributed by atoms with Gasteiger partial charge in [-0.25, -0.2) is 4.98 Å². The van der Waals surface area contributed by atoms with Gasteiger partial charge in [0.1, 0.15) is 17.1 Å². The fourth-order valence-corrected chi connectivity index (χ4v) is 4.57. The van der Waals surface area contributed by atoms with Crippen LogP contribution in [0.15, 0.2) is 60.8 Å². The number of pyridine rings is 1. The summed E-state index contributed by atoms with van der Waals surface area (Å²) in [6.07, 6.45) is 2.04. The topological polar surface area (TPSA) is 62.9 Å². The molecule has 0 aliphatic rings. The van der Waals surface area contributed by atoms with Crippen LogP contribution in [-0.2, 0) is 0 Å². The van der Waals surface area contributed by atoms with Crippen molar-refractivity contribution in [3.63, 3.8) is 0 Å². The lowest BCUT2D eigenvalue weighted by molar-refractivity contribution is 0.415. The Kier molecular flexibility index (Phi) is 3.88. The van der Waals surface area contributed by atoms with E-state index in [0.29, 0.717) is 5.02 Å². The maximum absolute atomic E-state index is 6.43. The molecule has 0 spiro atoms. The van der Waals surface area contributed by atoms with Crippen LogP contribution in [0.2, 0.25) is 5.02 Å². The number of methoxy groups -OCH3 is 2. The molecule has 0 saturated carbocycles. The van der Waals surface area contributed by atoms with Gasteiger partial charge in [0.2, 0.25) is 0 Å². The first kappa shape index (κ1) is 18.1. The first-order valence-corrected chi connectivity index (χ1v) is 10.3. The van der Waals surface area contributed by atoms with E-state index in [1.165, 1.54) is 0 Å². The second kappa shape index (κ2) is 6.65. The number of hydrogen-bond acceptors (Lipinski definition) is 3. The summed E-state index contributed by atoms with van der Waals surface area (Å²) < 4.78 is 11.0. The Morgan fingerprint density at radius 3 is 2.32 bits per heavy atom. The normalized spacial score (nSPS) is 11.7. The Morgan fingerprint density at radius 2 is 1.55 bits per heavy atom. The zero-order valence-corrected chi connectivity index (χ0v) is 17.7. The molecule has 3 aromatic heterocycles. The van der Waals surface area contributed by atoms with Gasteiger partial charge in [0.05, 0.1) is 19.7 Å². The van der Waals surface area contributed by atoms with E-state index in [1.54, 1.807) is 14.2 Å². The summed E-state index contributed by atoms with van der Waals surface area (Å²) in [6, 6.07) is 17.9. The van der Waals surface area contributed by atoms with Crippen molar-refractivity contribution in [2.75, 3.05) is 14.2 Å². The summed E-state index contributed by atoms with van der Waals surface area (Å²) in [5.41, 5.74) is 5.88. The van der Waals surface area contributed by atoms with Crippen LogP contribution in [0.3, 0.4) is 0 Å². The van der Waals surface area contributed by atoms with Gasteiger partial charge in [0, 0.05) is 54.9 Å². The molecular weight excluding hydrogens is 410 g/mol. The first-order chi connectivity index (χ1) is 15.2. The van der Waals surface area contributed by atoms with Crippen molar-refractivity contribution in [2.45, 2.75) is 0 Å². The first-order valence-electron chi connectivity index (χ1n) is 9.90. The van der Waals surface area contributed by atoms with Crippen molar-refractivity contribution < 1.29 is 9.47 Å². The molecule has 0 saturated heterocycles. The molecule has 6 aromatic rings. The van der Waals surface area contributed by atoms with E-state index in [1.807, 2.05) is 54.7 Å². The SMILES string of the molecule is COc1ccc2[nH]cc(-c3c4cc(Cl)ccc4nc4[nH]c5ccc(OC)cc5c34)c2c1. The number of aromatic nitrogens is 3. The monoisotopic (exact) mass is 427 g/mol. The Bertz CT molecular complexity index is 1630. The van der Waals surface area contributed by atoms with Crippen molar-refractivity contribution in [1.82, 2.24) is 15.0 Å². The molecule has 3 heterocycles. The van der Waals surface area contributed by atoms with Gasteiger partial charge in [-0.15, -0.1) is 0 Å². The Labute approximate surface area is 182 Å². The van der Waals surface area contributed by atoms with Crippen LogP contribution in [0.1, 0.15) is 0 Å². The third kappa shape index (κ3) is 2.67. The average Bonchev–Trinajstić information content (AvgIpc) is 3.37. The van der Waals surface area contributed by atoms with Crippen molar-refractivity contribution in [3.05, 3.63) is 65.8 Å². The molecule has 0 aliphatic heterocycles. The maximum Gasteiger partial charge on any atom is 0.139 e. The maximum atomic E-state index is 6.43. The van der Waals surface area contributed by atoms with E-state index in [9.17, 15) is 0 Å². The fourth-order valence-electron chi connectivity index (χ4n) is 4.40. The lowest BCUT2D eigenvalue weighted by Gasteiger charge is -2.10. The third-order valence-electron chi connectivity index (χ3n) is 5.85. The van der Waals surface area contributed by atoms with Gasteiger partial charge in [-0.05, 0) is 54.6 Å². The van der Waals surface area contributed by atoms with E-state index < -0.39 is 0 Å². The number of nitrogens with one attached hydrogen (secondary N) is 2. The number of benzene rings is 3. The quantitative estimate of drug-likeness (QED) is 0.330. The van der Waals surface area contributed by atoms with Gasteiger partial charge in [0.25, 0.3) is 0 Å². The molecule has 6 heteroatoms. The second-order valence-electron chi connectivity index (χ2n) is 7.52. The van der Waals surface area contributed by atoms with Gasteiger partial charge >= 0.3 is 0 Å². The molecule has 0 fully saturated rings. The summed E-state index contributed by atoms with van der Waals surface area (Å²) >= 11 is 6.43. The van der Waals surface area contributed by atoms with Gasteiger partial charge in [-0.1, -0.05) is 11.6 Å². The Morgan fingerprint density at radius 1 is 0.806 bits per heavy atom. The molecule has 0 amide bonds. The van der Waals surface area contributed by atoms with Gasteiger partial charge < -0.3 is 19.4 Å². The summed E-state index contributed by atoms with van der Waals surface area (Å²) in [5.74, 6) is 1.60. The summed E-state index contributed by atoms with van der Waals surface area (Å²) in [4.78, 5) is 11.8. The van der Waals surface area contributed by atoms with Crippen LogP contribution < -0.4 is 9.47 Å². The highest BCUT2D eigenvalue weighted by atomic mass is 35.5. The summed E-state index contributed by atoms with van der Waals surface area (Å²) in [6.45, 7) is 0. The van der Waals surface area contributed by atoms with E-state index in [-0.39, 0.29) is 0 Å². The minimum absolute atomic E-state index is 0.671. The number of hydrogen-bond donors (Lipinski definition) is 2. The number of rotatable bonds is 3. The van der Waals surface area contributed by atoms with Crippen molar-refractivity contribution in [2.24, 2.45) is 0 Å². The molecule has 152 valence electrons. The number of ether oxygens (including phenoxy) is 2. The minimum atomic E-state index is 0.671. The molecule has 0 radical (unpaired) electrons. The average molecular weight is 428 g/mol. The molecule has 0 unspecified atom stereocenters. The van der Waals surface area contributed by atoms with Crippen LogP contribution in [0, 0.1) is 0 Å². The van der Waals surface area contributed by atoms with Crippen LogP contribution in [0.4, 0.5) is 0 Å². The number of nitrogens with zero attached hydrogens (tertiary/aromatic N) is 1. The molecule has 0 aliphatic carbocycles. The molecule has 0 atom stereocenters. The molecule has 3 aromatic carbocycles. The van der Waals surface area contributed by atoms with Crippen molar-refractivity contribution in [1.29, 1.82) is 0 Å². The van der Waals surface area contributed by atoms with Crippen LogP contribution in [0.5, 0.6) is 11.5 Å². The van der Waals surface area contributed by atoms with Gasteiger partial charge in [-0.2, -0.15) is 0 Å². The number of H-pyrrole nitrogens is 2. The third-order valence-corrected chi connectivity index (χ3v) is 6.09. The standard InChI is InChI=1S/C25H18ClN3O2/c1-30-14-4-7-20-16(10-14)19(12-27-20)23-17-9-13(26)3-6-21(17)28-25-24(23)18-11-15(31-2)5-8-22(18)29-25/h3-12,27H,1-2H3,(H,28,29).